The molecule has 0 unspecified atom stereocenters. The third-order valence-electron chi connectivity index (χ3n) is 6.05. The standard InChI is InChI=1S/C20H35NO4/c1-19(2,3)25-18(23)21-16(17(22)15-10-6-4-7-11-15)14-24-20(21)12-8-5-9-13-20/h15-17,22H,4-14H2,1-3H3/t16-,17+/m1/s1. The predicted octanol–water partition coefficient (Wildman–Crippen LogP) is 4.22. The third kappa shape index (κ3) is 4.13. The molecule has 0 radical (unpaired) electrons. The predicted molar refractivity (Wildman–Crippen MR) is 96.2 cm³/mol. The Morgan fingerprint density at radius 1 is 1.12 bits per heavy atom. The summed E-state index contributed by atoms with van der Waals surface area (Å²) in [5.41, 5.74) is -1.11. The van der Waals surface area contributed by atoms with E-state index in [2.05, 4.69) is 0 Å². The van der Waals surface area contributed by atoms with Crippen LogP contribution in [-0.4, -0.2) is 46.2 Å². The average Bonchev–Trinajstić information content (AvgIpc) is 2.93. The largest absolute Gasteiger partial charge is 0.444 e. The van der Waals surface area contributed by atoms with E-state index in [0.717, 1.165) is 38.5 Å². The number of aliphatic hydroxyl groups is 1. The molecule has 5 nitrogen and oxygen atoms in total. The monoisotopic (exact) mass is 353 g/mol. The van der Waals surface area contributed by atoms with Crippen molar-refractivity contribution >= 4 is 6.09 Å². The number of nitrogens with zero attached hydrogens (tertiary/aromatic N) is 1. The van der Waals surface area contributed by atoms with Gasteiger partial charge in [0.15, 0.2) is 0 Å². The Morgan fingerprint density at radius 2 is 1.72 bits per heavy atom. The normalized spacial score (nSPS) is 29.0. The number of rotatable bonds is 2. The lowest BCUT2D eigenvalue weighted by molar-refractivity contribution is -0.113. The molecular formula is C20H35NO4. The van der Waals surface area contributed by atoms with Gasteiger partial charge >= 0.3 is 6.09 Å². The van der Waals surface area contributed by atoms with Gasteiger partial charge in [-0.25, -0.2) is 4.79 Å². The van der Waals surface area contributed by atoms with Gasteiger partial charge in [-0.15, -0.1) is 0 Å². The van der Waals surface area contributed by atoms with Crippen LogP contribution in [0.15, 0.2) is 0 Å². The first-order valence-electron chi connectivity index (χ1n) is 10.2. The number of carbonyl (C=O) groups is 1. The molecule has 1 amide bonds. The van der Waals surface area contributed by atoms with Crippen LogP contribution >= 0.6 is 0 Å². The molecule has 0 aromatic rings. The van der Waals surface area contributed by atoms with Gasteiger partial charge in [-0.2, -0.15) is 0 Å². The Bertz CT molecular complexity index is 461. The molecule has 1 heterocycles. The Morgan fingerprint density at radius 3 is 2.32 bits per heavy atom. The number of amides is 1. The molecule has 1 aliphatic heterocycles. The molecule has 5 heteroatoms. The average molecular weight is 354 g/mol. The van der Waals surface area contributed by atoms with Gasteiger partial charge < -0.3 is 14.6 Å². The molecule has 0 aromatic heterocycles. The van der Waals surface area contributed by atoms with E-state index in [1.54, 1.807) is 4.90 Å². The fraction of sp³-hybridized carbons (Fsp3) is 0.950. The number of hydrogen-bond acceptors (Lipinski definition) is 4. The smallest absolute Gasteiger partial charge is 0.413 e. The van der Waals surface area contributed by atoms with E-state index in [4.69, 9.17) is 9.47 Å². The summed E-state index contributed by atoms with van der Waals surface area (Å²) in [4.78, 5) is 14.8. The van der Waals surface area contributed by atoms with Crippen molar-refractivity contribution in [3.63, 3.8) is 0 Å². The molecular weight excluding hydrogens is 318 g/mol. The third-order valence-corrected chi connectivity index (χ3v) is 6.05. The van der Waals surface area contributed by atoms with Crippen LogP contribution < -0.4 is 0 Å². The Labute approximate surface area is 152 Å². The van der Waals surface area contributed by atoms with Crippen LogP contribution in [0, 0.1) is 5.92 Å². The van der Waals surface area contributed by atoms with Crippen LogP contribution in [-0.2, 0) is 9.47 Å². The first-order chi connectivity index (χ1) is 11.8. The van der Waals surface area contributed by atoms with Gasteiger partial charge in [0.05, 0.1) is 18.8 Å². The van der Waals surface area contributed by atoms with Crippen molar-refractivity contribution in [2.45, 2.75) is 108 Å². The van der Waals surface area contributed by atoms with Gasteiger partial charge in [0.1, 0.15) is 11.3 Å². The summed E-state index contributed by atoms with van der Waals surface area (Å²) < 4.78 is 11.9. The summed E-state index contributed by atoms with van der Waals surface area (Å²) in [6.07, 6.45) is 9.85. The Balaban J connectivity index is 1.81. The number of hydrogen-bond donors (Lipinski definition) is 1. The molecule has 1 spiro atoms. The molecule has 1 N–H and O–H groups in total. The summed E-state index contributed by atoms with van der Waals surface area (Å²) in [5, 5.41) is 11.1. The van der Waals surface area contributed by atoms with Gasteiger partial charge in [0.2, 0.25) is 0 Å². The molecule has 3 aliphatic rings. The number of aliphatic hydroxyl groups excluding tert-OH is 1. The van der Waals surface area contributed by atoms with E-state index in [-0.39, 0.29) is 18.1 Å². The van der Waals surface area contributed by atoms with Crippen molar-refractivity contribution in [1.82, 2.24) is 4.90 Å². The van der Waals surface area contributed by atoms with Gasteiger partial charge in [0.25, 0.3) is 0 Å². The van der Waals surface area contributed by atoms with Crippen LogP contribution in [0.4, 0.5) is 4.79 Å². The molecule has 2 aliphatic carbocycles. The van der Waals surface area contributed by atoms with Crippen molar-refractivity contribution in [1.29, 1.82) is 0 Å². The fourth-order valence-electron chi connectivity index (χ4n) is 4.83. The van der Waals surface area contributed by atoms with Gasteiger partial charge in [-0.1, -0.05) is 25.7 Å². The van der Waals surface area contributed by atoms with E-state index in [0.29, 0.717) is 6.61 Å². The zero-order valence-electron chi connectivity index (χ0n) is 16.1. The van der Waals surface area contributed by atoms with E-state index < -0.39 is 17.4 Å². The molecule has 25 heavy (non-hydrogen) atoms. The van der Waals surface area contributed by atoms with Crippen molar-refractivity contribution in [3.05, 3.63) is 0 Å². The minimum Gasteiger partial charge on any atom is -0.444 e. The van der Waals surface area contributed by atoms with Crippen molar-refractivity contribution in [3.8, 4) is 0 Å². The molecule has 3 rings (SSSR count). The first kappa shape index (κ1) is 19.0. The maximum absolute atomic E-state index is 13.0. The highest BCUT2D eigenvalue weighted by Gasteiger charge is 2.54. The molecule has 0 aromatic carbocycles. The fourth-order valence-corrected chi connectivity index (χ4v) is 4.83. The van der Waals surface area contributed by atoms with Gasteiger partial charge in [-0.3, -0.25) is 4.90 Å². The summed E-state index contributed by atoms with van der Waals surface area (Å²) in [6, 6.07) is -0.281. The van der Waals surface area contributed by atoms with Crippen molar-refractivity contribution in [2.24, 2.45) is 5.92 Å². The SMILES string of the molecule is CC(C)(C)OC(=O)N1[C@@H]([C@@H](O)C2CCCCC2)COC12CCCCC2. The van der Waals surface area contributed by atoms with E-state index in [9.17, 15) is 9.90 Å². The minimum absolute atomic E-state index is 0.269. The van der Waals surface area contributed by atoms with Crippen LogP contribution in [0.2, 0.25) is 0 Å². The van der Waals surface area contributed by atoms with Crippen molar-refractivity contribution < 1.29 is 19.4 Å². The first-order valence-corrected chi connectivity index (χ1v) is 10.2. The molecule has 2 saturated carbocycles. The van der Waals surface area contributed by atoms with Gasteiger partial charge in [0, 0.05) is 0 Å². The summed E-state index contributed by atoms with van der Waals surface area (Å²) in [6.45, 7) is 6.10. The van der Waals surface area contributed by atoms with Gasteiger partial charge in [-0.05, 0) is 65.2 Å². The lowest BCUT2D eigenvalue weighted by Gasteiger charge is -2.43. The zero-order chi connectivity index (χ0) is 18.1. The second kappa shape index (κ2) is 7.43. The highest BCUT2D eigenvalue weighted by atomic mass is 16.6. The zero-order valence-corrected chi connectivity index (χ0v) is 16.1. The second-order valence-corrected chi connectivity index (χ2v) is 9.12. The summed E-state index contributed by atoms with van der Waals surface area (Å²) in [7, 11) is 0. The minimum atomic E-state index is -0.569. The van der Waals surface area contributed by atoms with Crippen molar-refractivity contribution in [2.75, 3.05) is 6.61 Å². The Kier molecular flexibility index (Phi) is 5.64. The summed E-state index contributed by atoms with van der Waals surface area (Å²) >= 11 is 0. The maximum Gasteiger partial charge on any atom is 0.413 e. The van der Waals surface area contributed by atoms with Crippen LogP contribution in [0.5, 0.6) is 0 Å². The number of ether oxygens (including phenoxy) is 2. The molecule has 2 atom stereocenters. The molecule has 144 valence electrons. The maximum atomic E-state index is 13.0. The summed E-state index contributed by atoms with van der Waals surface area (Å²) in [5.74, 6) is 0.269. The highest BCUT2D eigenvalue weighted by Crippen LogP contribution is 2.43. The quantitative estimate of drug-likeness (QED) is 0.807. The van der Waals surface area contributed by atoms with Crippen LogP contribution in [0.25, 0.3) is 0 Å². The lowest BCUT2D eigenvalue weighted by Crippen LogP contribution is -2.57. The topological polar surface area (TPSA) is 59.0 Å². The van der Waals surface area contributed by atoms with Crippen LogP contribution in [0.3, 0.4) is 0 Å². The highest BCUT2D eigenvalue weighted by molar-refractivity contribution is 5.70. The Hall–Kier alpha value is -0.810. The molecule has 3 fully saturated rings. The lowest BCUT2D eigenvalue weighted by atomic mass is 9.82. The molecule has 0 bridgehead atoms. The molecule has 1 saturated heterocycles. The second-order valence-electron chi connectivity index (χ2n) is 9.12. The van der Waals surface area contributed by atoms with E-state index in [1.165, 1.54) is 25.7 Å². The van der Waals surface area contributed by atoms with Crippen LogP contribution in [0.1, 0.15) is 85.0 Å². The number of carbonyl (C=O) groups excluding carboxylic acids is 1. The van der Waals surface area contributed by atoms with E-state index in [1.807, 2.05) is 20.8 Å². The van der Waals surface area contributed by atoms with E-state index >= 15 is 0 Å².